The van der Waals surface area contributed by atoms with Gasteiger partial charge in [0.15, 0.2) is 0 Å². The molecule has 134 valence electrons. The van der Waals surface area contributed by atoms with Gasteiger partial charge in [0.2, 0.25) is 11.7 Å². The van der Waals surface area contributed by atoms with Crippen molar-refractivity contribution in [2.45, 2.75) is 13.5 Å². The Labute approximate surface area is 159 Å². The Bertz CT molecular complexity index is 941. The molecule has 0 bridgehead atoms. The summed E-state index contributed by atoms with van der Waals surface area (Å²) in [5.74, 6) is 0.571. The largest absolute Gasteiger partial charge is 0.495 e. The van der Waals surface area contributed by atoms with Crippen LogP contribution < -0.4 is 10.1 Å². The fourth-order valence-electron chi connectivity index (χ4n) is 2.27. The fourth-order valence-corrected chi connectivity index (χ4v) is 2.55. The number of aromatic nitrogens is 4. The second-order valence-electron chi connectivity index (χ2n) is 5.50. The number of hydrogen-bond donors (Lipinski definition) is 1. The quantitative estimate of drug-likeness (QED) is 0.718. The lowest BCUT2D eigenvalue weighted by molar-refractivity contribution is -0.117. The molecule has 0 saturated carbocycles. The van der Waals surface area contributed by atoms with Crippen molar-refractivity contribution < 1.29 is 9.53 Å². The number of rotatable bonds is 5. The van der Waals surface area contributed by atoms with Crippen LogP contribution >= 0.6 is 23.2 Å². The maximum absolute atomic E-state index is 12.3. The van der Waals surface area contributed by atoms with E-state index in [1.807, 2.05) is 6.92 Å². The second-order valence-corrected chi connectivity index (χ2v) is 6.34. The van der Waals surface area contributed by atoms with Crippen LogP contribution in [0.2, 0.25) is 10.0 Å². The first kappa shape index (κ1) is 18.2. The number of carbonyl (C=O) groups excluding carboxylic acids is 1. The van der Waals surface area contributed by atoms with Crippen molar-refractivity contribution in [2.75, 3.05) is 12.4 Å². The van der Waals surface area contributed by atoms with Gasteiger partial charge in [-0.25, -0.2) is 0 Å². The average Bonchev–Trinajstić information content (AvgIpc) is 3.06. The van der Waals surface area contributed by atoms with Gasteiger partial charge in [0.05, 0.1) is 12.8 Å². The molecule has 7 nitrogen and oxygen atoms in total. The Kier molecular flexibility index (Phi) is 5.39. The van der Waals surface area contributed by atoms with Crippen molar-refractivity contribution in [2.24, 2.45) is 0 Å². The zero-order valence-electron chi connectivity index (χ0n) is 14.0. The summed E-state index contributed by atoms with van der Waals surface area (Å²) >= 11 is 11.9. The zero-order valence-corrected chi connectivity index (χ0v) is 15.5. The van der Waals surface area contributed by atoms with Crippen molar-refractivity contribution in [1.82, 2.24) is 20.2 Å². The number of aryl methyl sites for hydroxylation is 1. The van der Waals surface area contributed by atoms with Gasteiger partial charge in [-0.2, -0.15) is 4.80 Å². The van der Waals surface area contributed by atoms with E-state index in [4.69, 9.17) is 27.9 Å². The molecule has 2 aromatic carbocycles. The van der Waals surface area contributed by atoms with Crippen LogP contribution in [-0.4, -0.2) is 33.2 Å². The smallest absolute Gasteiger partial charge is 0.248 e. The first-order chi connectivity index (χ1) is 12.5. The highest BCUT2D eigenvalue weighted by molar-refractivity contribution is 6.31. The van der Waals surface area contributed by atoms with E-state index < -0.39 is 0 Å². The van der Waals surface area contributed by atoms with E-state index in [9.17, 15) is 4.79 Å². The molecule has 1 amide bonds. The number of halogens is 2. The molecule has 0 aliphatic heterocycles. The van der Waals surface area contributed by atoms with Gasteiger partial charge in [-0.05, 0) is 48.0 Å². The molecular weight excluding hydrogens is 377 g/mol. The first-order valence-electron chi connectivity index (χ1n) is 7.64. The molecule has 1 heterocycles. The molecule has 9 heteroatoms. The number of hydrogen-bond acceptors (Lipinski definition) is 5. The van der Waals surface area contributed by atoms with E-state index in [1.54, 1.807) is 36.4 Å². The Morgan fingerprint density at radius 2 is 1.96 bits per heavy atom. The van der Waals surface area contributed by atoms with Crippen LogP contribution in [0.5, 0.6) is 5.75 Å². The molecule has 0 aliphatic rings. The number of ether oxygens (including phenoxy) is 1. The van der Waals surface area contributed by atoms with Crippen molar-refractivity contribution >= 4 is 34.8 Å². The highest BCUT2D eigenvalue weighted by Crippen LogP contribution is 2.30. The number of tetrazole rings is 1. The number of nitrogens with zero attached hydrogens (tertiary/aromatic N) is 4. The van der Waals surface area contributed by atoms with Gasteiger partial charge < -0.3 is 10.1 Å². The third-order valence-corrected chi connectivity index (χ3v) is 4.25. The molecule has 3 rings (SSSR count). The molecule has 0 fully saturated rings. The minimum atomic E-state index is -0.315. The maximum Gasteiger partial charge on any atom is 0.248 e. The molecule has 0 unspecified atom stereocenters. The topological polar surface area (TPSA) is 81.9 Å². The fraction of sp³-hybridized carbons (Fsp3) is 0.176. The summed E-state index contributed by atoms with van der Waals surface area (Å²) in [6.45, 7) is 1.75. The number of nitrogens with one attached hydrogen (secondary N) is 1. The Morgan fingerprint density at radius 3 is 2.65 bits per heavy atom. The Hall–Kier alpha value is -2.64. The minimum Gasteiger partial charge on any atom is -0.495 e. The molecule has 3 aromatic rings. The van der Waals surface area contributed by atoms with Gasteiger partial charge in [0, 0.05) is 21.7 Å². The lowest BCUT2D eigenvalue weighted by atomic mass is 10.2. The molecule has 0 spiro atoms. The van der Waals surface area contributed by atoms with Crippen molar-refractivity contribution in [1.29, 1.82) is 0 Å². The number of amides is 1. The summed E-state index contributed by atoms with van der Waals surface area (Å²) in [6, 6.07) is 10.4. The highest BCUT2D eigenvalue weighted by atomic mass is 35.5. The summed E-state index contributed by atoms with van der Waals surface area (Å²) < 4.78 is 5.24. The highest BCUT2D eigenvalue weighted by Gasteiger charge is 2.13. The van der Waals surface area contributed by atoms with Gasteiger partial charge >= 0.3 is 0 Å². The molecule has 0 saturated heterocycles. The number of methoxy groups -OCH3 is 1. The van der Waals surface area contributed by atoms with Gasteiger partial charge in [0.25, 0.3) is 0 Å². The standard InChI is InChI=1S/C17H15Cl2N5O2/c1-10-7-14(15(26-2)8-13(10)19)20-16(25)9-24-22-17(21-23-24)11-3-5-12(18)6-4-11/h3-8H,9H2,1-2H3,(H,20,25). The minimum absolute atomic E-state index is 0.0918. The van der Waals surface area contributed by atoms with Gasteiger partial charge in [-0.1, -0.05) is 23.2 Å². The van der Waals surface area contributed by atoms with Crippen molar-refractivity contribution in [3.63, 3.8) is 0 Å². The van der Waals surface area contributed by atoms with Crippen LogP contribution in [0, 0.1) is 6.92 Å². The van der Waals surface area contributed by atoms with Crippen molar-refractivity contribution in [3.8, 4) is 17.1 Å². The summed E-state index contributed by atoms with van der Waals surface area (Å²) in [5, 5.41) is 16.0. The number of carbonyl (C=O) groups is 1. The molecular formula is C17H15Cl2N5O2. The van der Waals surface area contributed by atoms with E-state index in [0.29, 0.717) is 27.3 Å². The van der Waals surface area contributed by atoms with Crippen LogP contribution in [0.25, 0.3) is 11.4 Å². The average molecular weight is 392 g/mol. The SMILES string of the molecule is COc1cc(Cl)c(C)cc1NC(=O)Cn1nnc(-c2ccc(Cl)cc2)n1. The van der Waals surface area contributed by atoms with E-state index in [0.717, 1.165) is 11.1 Å². The lowest BCUT2D eigenvalue weighted by Gasteiger charge is -2.11. The molecule has 1 N–H and O–H groups in total. The molecule has 0 atom stereocenters. The Morgan fingerprint density at radius 1 is 1.23 bits per heavy atom. The van der Waals surface area contributed by atoms with Crippen LogP contribution in [0.15, 0.2) is 36.4 Å². The predicted molar refractivity (Wildman–Crippen MR) is 99.6 cm³/mol. The zero-order chi connectivity index (χ0) is 18.7. The van der Waals surface area contributed by atoms with Crippen LogP contribution in [-0.2, 0) is 11.3 Å². The van der Waals surface area contributed by atoms with E-state index in [1.165, 1.54) is 11.9 Å². The number of anilines is 1. The van der Waals surface area contributed by atoms with E-state index in [-0.39, 0.29) is 12.5 Å². The van der Waals surface area contributed by atoms with E-state index in [2.05, 4.69) is 20.7 Å². The third kappa shape index (κ3) is 4.12. The summed E-state index contributed by atoms with van der Waals surface area (Å²) in [6.07, 6.45) is 0. The molecule has 0 radical (unpaired) electrons. The molecule has 26 heavy (non-hydrogen) atoms. The van der Waals surface area contributed by atoms with Crippen LogP contribution in [0.3, 0.4) is 0 Å². The van der Waals surface area contributed by atoms with Crippen LogP contribution in [0.1, 0.15) is 5.56 Å². The van der Waals surface area contributed by atoms with Crippen LogP contribution in [0.4, 0.5) is 5.69 Å². The predicted octanol–water partition coefficient (Wildman–Crippen LogP) is 3.60. The third-order valence-electron chi connectivity index (χ3n) is 3.60. The first-order valence-corrected chi connectivity index (χ1v) is 8.39. The second kappa shape index (κ2) is 7.72. The summed E-state index contributed by atoms with van der Waals surface area (Å²) in [4.78, 5) is 13.5. The maximum atomic E-state index is 12.3. The van der Waals surface area contributed by atoms with E-state index >= 15 is 0 Å². The van der Waals surface area contributed by atoms with Gasteiger partial charge in [0.1, 0.15) is 12.3 Å². The summed E-state index contributed by atoms with van der Waals surface area (Å²) in [5.41, 5.74) is 2.11. The molecule has 0 aliphatic carbocycles. The normalized spacial score (nSPS) is 10.6. The molecule has 1 aromatic heterocycles. The number of benzene rings is 2. The monoisotopic (exact) mass is 391 g/mol. The van der Waals surface area contributed by atoms with Gasteiger partial charge in [-0.15, -0.1) is 10.2 Å². The van der Waals surface area contributed by atoms with Gasteiger partial charge in [-0.3, -0.25) is 4.79 Å². The van der Waals surface area contributed by atoms with Crippen molar-refractivity contribution in [3.05, 3.63) is 52.0 Å². The summed E-state index contributed by atoms with van der Waals surface area (Å²) in [7, 11) is 1.51. The lowest BCUT2D eigenvalue weighted by Crippen LogP contribution is -2.21. The Balaban J connectivity index is 1.71.